The van der Waals surface area contributed by atoms with Crippen molar-refractivity contribution >= 4 is 38.9 Å². The Morgan fingerprint density at radius 1 is 1.19 bits per heavy atom. The first-order valence-corrected chi connectivity index (χ1v) is 10.3. The third kappa shape index (κ3) is 6.15. The molecule has 3 N–H and O–H groups in total. The quantitative estimate of drug-likeness (QED) is 0.488. The highest BCUT2D eigenvalue weighted by molar-refractivity contribution is 7.91. The summed E-state index contributed by atoms with van der Waals surface area (Å²) in [5.74, 6) is -0.170. The number of sulfone groups is 1. The van der Waals surface area contributed by atoms with Crippen LogP contribution >= 0.6 is 11.6 Å². The molecule has 0 saturated carbocycles. The van der Waals surface area contributed by atoms with E-state index in [4.69, 9.17) is 16.3 Å². The second-order valence-corrected chi connectivity index (χ2v) is 9.07. The number of methoxy groups -OCH3 is 1. The molecule has 3 atom stereocenters. The molecule has 1 aliphatic heterocycles. The largest absolute Gasteiger partial charge is 0.497 e. The SMILES string of the molecule is COc1ccc(NC(=O)C[NH+](C)CC(=O)N[C@H]2CS(=O)(=O)C[C@@H]2Cl)cc1. The number of alkyl halides is 1. The number of carbonyl (C=O) groups is 2. The molecule has 1 unspecified atom stereocenters. The van der Waals surface area contributed by atoms with Gasteiger partial charge in [-0.2, -0.15) is 0 Å². The topological polar surface area (TPSA) is 106 Å². The molecule has 1 aliphatic rings. The van der Waals surface area contributed by atoms with Gasteiger partial charge in [0.05, 0.1) is 37.1 Å². The summed E-state index contributed by atoms with van der Waals surface area (Å²) in [5, 5.41) is 4.75. The van der Waals surface area contributed by atoms with E-state index in [0.29, 0.717) is 16.3 Å². The number of hydrogen-bond acceptors (Lipinski definition) is 5. The summed E-state index contributed by atoms with van der Waals surface area (Å²) in [4.78, 5) is 24.8. The number of quaternary nitrogens is 1. The molecule has 144 valence electrons. The van der Waals surface area contributed by atoms with Crippen LogP contribution in [0.3, 0.4) is 0 Å². The first kappa shape index (κ1) is 20.5. The van der Waals surface area contributed by atoms with Crippen molar-refractivity contribution in [2.45, 2.75) is 11.4 Å². The lowest BCUT2D eigenvalue weighted by Crippen LogP contribution is -3.11. The Morgan fingerprint density at radius 2 is 1.81 bits per heavy atom. The molecular weight excluding hydrogens is 382 g/mol. The number of nitrogens with one attached hydrogen (secondary N) is 3. The van der Waals surface area contributed by atoms with Crippen LogP contribution in [0.4, 0.5) is 5.69 Å². The van der Waals surface area contributed by atoms with E-state index in [-0.39, 0.29) is 36.4 Å². The third-order valence-electron chi connectivity index (χ3n) is 3.93. The van der Waals surface area contributed by atoms with Crippen LogP contribution in [0.5, 0.6) is 5.75 Å². The molecule has 1 aromatic rings. The number of hydrogen-bond donors (Lipinski definition) is 3. The van der Waals surface area contributed by atoms with E-state index in [1.807, 2.05) is 0 Å². The third-order valence-corrected chi connectivity index (χ3v) is 6.30. The van der Waals surface area contributed by atoms with E-state index >= 15 is 0 Å². The molecule has 0 spiro atoms. The summed E-state index contributed by atoms with van der Waals surface area (Å²) < 4.78 is 28.1. The molecule has 0 aliphatic carbocycles. The molecule has 2 rings (SSSR count). The maximum Gasteiger partial charge on any atom is 0.279 e. The van der Waals surface area contributed by atoms with Gasteiger partial charge in [-0.05, 0) is 24.3 Å². The summed E-state index contributed by atoms with van der Waals surface area (Å²) in [6.07, 6.45) is 0. The Kier molecular flexibility index (Phi) is 6.85. The first-order valence-electron chi connectivity index (χ1n) is 8.07. The van der Waals surface area contributed by atoms with Crippen LogP contribution in [0.1, 0.15) is 0 Å². The molecule has 0 aromatic heterocycles. The Hall–Kier alpha value is -1.84. The lowest BCUT2D eigenvalue weighted by atomic mass is 10.2. The molecule has 1 heterocycles. The van der Waals surface area contributed by atoms with E-state index in [1.165, 1.54) is 0 Å². The number of rotatable bonds is 7. The minimum Gasteiger partial charge on any atom is -0.497 e. The summed E-state index contributed by atoms with van der Waals surface area (Å²) in [6.45, 7) is 0.128. The maximum atomic E-state index is 12.0. The van der Waals surface area contributed by atoms with E-state index < -0.39 is 21.3 Å². The van der Waals surface area contributed by atoms with Crippen LogP contribution in [0.15, 0.2) is 24.3 Å². The van der Waals surface area contributed by atoms with Crippen LogP contribution in [0.25, 0.3) is 0 Å². The van der Waals surface area contributed by atoms with Gasteiger partial charge in [0.25, 0.3) is 11.8 Å². The number of benzene rings is 1. The average molecular weight is 405 g/mol. The average Bonchev–Trinajstić information content (AvgIpc) is 2.79. The summed E-state index contributed by atoms with van der Waals surface area (Å²) >= 11 is 5.97. The summed E-state index contributed by atoms with van der Waals surface area (Å²) in [7, 11) is 0.0611. The van der Waals surface area contributed by atoms with Crippen LogP contribution in [-0.4, -0.2) is 70.4 Å². The van der Waals surface area contributed by atoms with Crippen molar-refractivity contribution in [2.75, 3.05) is 44.1 Å². The Balaban J connectivity index is 1.77. The van der Waals surface area contributed by atoms with E-state index in [1.54, 1.807) is 38.4 Å². The molecule has 0 bridgehead atoms. The Labute approximate surface area is 157 Å². The van der Waals surface area contributed by atoms with Crippen molar-refractivity contribution in [3.8, 4) is 5.75 Å². The molecular formula is C16H23ClN3O5S+. The normalized spacial score (nSPS) is 22.4. The van der Waals surface area contributed by atoms with Gasteiger partial charge in [-0.1, -0.05) is 0 Å². The lowest BCUT2D eigenvalue weighted by Gasteiger charge is -2.17. The van der Waals surface area contributed by atoms with Gasteiger partial charge in [-0.25, -0.2) is 8.42 Å². The molecule has 1 fully saturated rings. The van der Waals surface area contributed by atoms with Gasteiger partial charge in [-0.3, -0.25) is 9.59 Å². The van der Waals surface area contributed by atoms with Crippen molar-refractivity contribution < 1.29 is 27.6 Å². The number of likely N-dealkylation sites (N-methyl/N-ethyl adjacent to an activating group) is 1. The fraction of sp³-hybridized carbons (Fsp3) is 0.500. The second kappa shape index (κ2) is 8.70. The van der Waals surface area contributed by atoms with Gasteiger partial charge < -0.3 is 20.3 Å². The van der Waals surface area contributed by atoms with E-state index in [2.05, 4.69) is 10.6 Å². The van der Waals surface area contributed by atoms with Gasteiger partial charge in [0.15, 0.2) is 22.9 Å². The zero-order valence-electron chi connectivity index (χ0n) is 14.6. The lowest BCUT2D eigenvalue weighted by molar-refractivity contribution is -0.862. The fourth-order valence-corrected chi connectivity index (χ4v) is 5.23. The maximum absolute atomic E-state index is 12.0. The summed E-state index contributed by atoms with van der Waals surface area (Å²) in [5.41, 5.74) is 0.634. The van der Waals surface area contributed by atoms with Gasteiger partial charge in [0, 0.05) is 5.69 Å². The van der Waals surface area contributed by atoms with Gasteiger partial charge in [0.1, 0.15) is 5.75 Å². The minimum atomic E-state index is -3.20. The van der Waals surface area contributed by atoms with Crippen molar-refractivity contribution in [1.29, 1.82) is 0 Å². The predicted molar refractivity (Wildman–Crippen MR) is 98.5 cm³/mol. The van der Waals surface area contributed by atoms with Crippen LogP contribution in [0.2, 0.25) is 0 Å². The predicted octanol–water partition coefficient (Wildman–Crippen LogP) is -1.33. The van der Waals surface area contributed by atoms with Crippen molar-refractivity contribution in [1.82, 2.24) is 5.32 Å². The zero-order chi connectivity index (χ0) is 19.3. The molecule has 1 aromatic carbocycles. The van der Waals surface area contributed by atoms with Crippen molar-refractivity contribution in [3.05, 3.63) is 24.3 Å². The Morgan fingerprint density at radius 3 is 2.35 bits per heavy atom. The smallest absolute Gasteiger partial charge is 0.279 e. The zero-order valence-corrected chi connectivity index (χ0v) is 16.2. The Bertz CT molecular complexity index is 754. The highest BCUT2D eigenvalue weighted by Crippen LogP contribution is 2.17. The molecule has 2 amide bonds. The highest BCUT2D eigenvalue weighted by atomic mass is 35.5. The van der Waals surface area contributed by atoms with Crippen LogP contribution in [-0.2, 0) is 19.4 Å². The number of ether oxygens (including phenoxy) is 1. The van der Waals surface area contributed by atoms with E-state index in [0.717, 1.165) is 0 Å². The van der Waals surface area contributed by atoms with Gasteiger partial charge in [-0.15, -0.1) is 11.6 Å². The minimum absolute atomic E-state index is 0.0379. The van der Waals surface area contributed by atoms with Crippen molar-refractivity contribution in [2.24, 2.45) is 0 Å². The molecule has 10 heteroatoms. The second-order valence-electron chi connectivity index (χ2n) is 6.35. The number of anilines is 1. The van der Waals surface area contributed by atoms with Crippen molar-refractivity contribution in [3.63, 3.8) is 0 Å². The number of halogens is 1. The molecule has 1 saturated heterocycles. The number of carbonyl (C=O) groups excluding carboxylic acids is 2. The van der Waals surface area contributed by atoms with Crippen LogP contribution in [0, 0.1) is 0 Å². The highest BCUT2D eigenvalue weighted by Gasteiger charge is 2.37. The van der Waals surface area contributed by atoms with Gasteiger partial charge >= 0.3 is 0 Å². The monoisotopic (exact) mass is 404 g/mol. The standard InChI is InChI=1S/C16H22ClN3O5S/c1-20(7-15(21)18-11-3-5-12(25-2)6-4-11)8-16(22)19-14-10-26(23,24)9-13(14)17/h3-6,13-14H,7-10H2,1-2H3,(H,18,21)(H,19,22)/p+1/t13-,14-/m0/s1. The fourth-order valence-electron chi connectivity index (χ4n) is 2.68. The molecule has 26 heavy (non-hydrogen) atoms. The summed E-state index contributed by atoms with van der Waals surface area (Å²) in [6, 6.07) is 6.32. The van der Waals surface area contributed by atoms with E-state index in [9.17, 15) is 18.0 Å². The van der Waals surface area contributed by atoms with Gasteiger partial charge in [0.2, 0.25) is 0 Å². The van der Waals surface area contributed by atoms with Crippen LogP contribution < -0.4 is 20.3 Å². The number of amides is 2. The molecule has 0 radical (unpaired) electrons. The molecule has 8 nitrogen and oxygen atoms in total. The first-order chi connectivity index (χ1) is 12.2.